The molecule has 0 aliphatic carbocycles. The van der Waals surface area contributed by atoms with Gasteiger partial charge in [0.2, 0.25) is 0 Å². The van der Waals surface area contributed by atoms with Crippen LogP contribution >= 0.6 is 23.2 Å². The molecule has 0 spiro atoms. The minimum atomic E-state index is -0.322. The minimum Gasteiger partial charge on any atom is -0.385 e. The molecule has 1 aromatic carbocycles. The number of nitrogens with one attached hydrogen (secondary N) is 2. The molecule has 1 heterocycles. The first-order valence-corrected chi connectivity index (χ1v) is 7.67. The van der Waals surface area contributed by atoms with E-state index in [9.17, 15) is 4.79 Å². The van der Waals surface area contributed by atoms with Crippen molar-refractivity contribution >= 4 is 40.5 Å². The molecule has 0 bridgehead atoms. The monoisotopic (exact) mass is 337 g/mol. The summed E-state index contributed by atoms with van der Waals surface area (Å²) in [5.74, 6) is 0.190. The molecule has 0 fully saturated rings. The lowest BCUT2D eigenvalue weighted by atomic mass is 10.2. The molecule has 0 radical (unpaired) electrons. The van der Waals surface area contributed by atoms with Crippen LogP contribution in [0, 0.1) is 5.92 Å². The number of hydrogen-bond donors (Lipinski definition) is 2. The van der Waals surface area contributed by atoms with Crippen molar-refractivity contribution in [1.29, 1.82) is 0 Å². The molecule has 116 valence electrons. The summed E-state index contributed by atoms with van der Waals surface area (Å²) in [5, 5.41) is 6.88. The molecule has 0 atom stereocenters. The van der Waals surface area contributed by atoms with Crippen LogP contribution in [-0.2, 0) is 0 Å². The third-order valence-electron chi connectivity index (χ3n) is 2.89. The topological polar surface area (TPSA) is 54.0 Å². The van der Waals surface area contributed by atoms with E-state index in [4.69, 9.17) is 23.2 Å². The second kappa shape index (κ2) is 7.47. The number of aromatic nitrogens is 1. The Balaban J connectivity index is 2.10. The second-order valence-corrected chi connectivity index (χ2v) is 6.13. The van der Waals surface area contributed by atoms with E-state index in [0.29, 0.717) is 27.3 Å². The van der Waals surface area contributed by atoms with E-state index < -0.39 is 0 Å². The molecule has 1 amide bonds. The molecule has 1 aromatic heterocycles. The lowest BCUT2D eigenvalue weighted by Crippen LogP contribution is -2.15. The van der Waals surface area contributed by atoms with Gasteiger partial charge in [0.1, 0.15) is 5.69 Å². The van der Waals surface area contributed by atoms with Crippen molar-refractivity contribution in [2.24, 2.45) is 5.92 Å². The summed E-state index contributed by atoms with van der Waals surface area (Å²) in [4.78, 5) is 16.3. The first kappa shape index (κ1) is 16.6. The van der Waals surface area contributed by atoms with Crippen LogP contribution in [0.25, 0.3) is 0 Å². The summed E-state index contributed by atoms with van der Waals surface area (Å²) >= 11 is 11.9. The first-order chi connectivity index (χ1) is 10.5. The third kappa shape index (κ3) is 4.61. The predicted octanol–water partition coefficient (Wildman–Crippen LogP) is 4.71. The minimum absolute atomic E-state index is 0.319. The molecule has 2 rings (SSSR count). The Hall–Kier alpha value is -1.78. The van der Waals surface area contributed by atoms with Crippen molar-refractivity contribution in [3.63, 3.8) is 0 Å². The number of anilines is 2. The highest BCUT2D eigenvalue weighted by atomic mass is 35.5. The molecule has 0 aliphatic rings. The molecule has 0 saturated carbocycles. The van der Waals surface area contributed by atoms with Gasteiger partial charge in [0.05, 0.1) is 10.7 Å². The summed E-state index contributed by atoms with van der Waals surface area (Å²) in [5.41, 5.74) is 1.68. The highest BCUT2D eigenvalue weighted by molar-refractivity contribution is 6.36. The quantitative estimate of drug-likeness (QED) is 0.830. The van der Waals surface area contributed by atoms with Gasteiger partial charge in [-0.1, -0.05) is 37.0 Å². The number of amides is 1. The van der Waals surface area contributed by atoms with E-state index in [0.717, 1.165) is 12.2 Å². The Kier molecular flexibility index (Phi) is 5.63. The SMILES string of the molecule is CC(C)CNc1ccnc(C(=O)Nc2ccc(Cl)cc2Cl)c1. The normalized spacial score (nSPS) is 10.6. The number of pyridine rings is 1. The first-order valence-electron chi connectivity index (χ1n) is 6.92. The molecule has 0 aliphatic heterocycles. The van der Waals surface area contributed by atoms with Gasteiger partial charge in [-0.15, -0.1) is 0 Å². The second-order valence-electron chi connectivity index (χ2n) is 5.28. The maximum Gasteiger partial charge on any atom is 0.274 e. The van der Waals surface area contributed by atoms with E-state index in [1.54, 1.807) is 30.5 Å². The number of halogens is 2. The summed E-state index contributed by atoms with van der Waals surface area (Å²) in [7, 11) is 0. The van der Waals surface area contributed by atoms with E-state index in [1.807, 2.05) is 6.07 Å². The van der Waals surface area contributed by atoms with Crippen molar-refractivity contribution in [3.8, 4) is 0 Å². The molecule has 2 aromatic rings. The van der Waals surface area contributed by atoms with Gasteiger partial charge in [-0.05, 0) is 36.2 Å². The fraction of sp³-hybridized carbons (Fsp3) is 0.250. The smallest absolute Gasteiger partial charge is 0.274 e. The van der Waals surface area contributed by atoms with Crippen LogP contribution < -0.4 is 10.6 Å². The molecular weight excluding hydrogens is 321 g/mol. The highest BCUT2D eigenvalue weighted by Gasteiger charge is 2.11. The number of nitrogens with zero attached hydrogens (tertiary/aromatic N) is 1. The molecule has 0 unspecified atom stereocenters. The Morgan fingerprint density at radius 3 is 2.68 bits per heavy atom. The maximum absolute atomic E-state index is 12.2. The Labute approximate surface area is 139 Å². The molecule has 22 heavy (non-hydrogen) atoms. The average Bonchev–Trinajstić information content (AvgIpc) is 2.48. The standard InChI is InChI=1S/C16H17Cl2N3O/c1-10(2)9-20-12-5-6-19-15(8-12)16(22)21-14-4-3-11(17)7-13(14)18/h3-8,10H,9H2,1-2H3,(H,19,20)(H,21,22). The maximum atomic E-state index is 12.2. The van der Waals surface area contributed by atoms with Crippen LogP contribution in [-0.4, -0.2) is 17.4 Å². The zero-order valence-corrected chi connectivity index (χ0v) is 13.9. The van der Waals surface area contributed by atoms with E-state index in [2.05, 4.69) is 29.5 Å². The van der Waals surface area contributed by atoms with Gasteiger partial charge in [0.15, 0.2) is 0 Å². The van der Waals surface area contributed by atoms with Crippen LogP contribution in [0.15, 0.2) is 36.5 Å². The van der Waals surface area contributed by atoms with Crippen LogP contribution in [0.1, 0.15) is 24.3 Å². The summed E-state index contributed by atoms with van der Waals surface area (Å²) in [6.07, 6.45) is 1.60. The Morgan fingerprint density at radius 2 is 2.00 bits per heavy atom. The van der Waals surface area contributed by atoms with Crippen molar-refractivity contribution in [2.75, 3.05) is 17.2 Å². The van der Waals surface area contributed by atoms with Crippen LogP contribution in [0.5, 0.6) is 0 Å². The van der Waals surface area contributed by atoms with Crippen molar-refractivity contribution < 1.29 is 4.79 Å². The van der Waals surface area contributed by atoms with Crippen molar-refractivity contribution in [2.45, 2.75) is 13.8 Å². The van der Waals surface area contributed by atoms with Gasteiger partial charge in [-0.2, -0.15) is 0 Å². The molecule has 2 N–H and O–H groups in total. The van der Waals surface area contributed by atoms with Gasteiger partial charge in [0, 0.05) is 23.5 Å². The number of carbonyl (C=O) groups excluding carboxylic acids is 1. The summed E-state index contributed by atoms with van der Waals surface area (Å²) < 4.78 is 0. The largest absolute Gasteiger partial charge is 0.385 e. The van der Waals surface area contributed by atoms with E-state index >= 15 is 0 Å². The van der Waals surface area contributed by atoms with Gasteiger partial charge in [-0.25, -0.2) is 0 Å². The summed E-state index contributed by atoms with van der Waals surface area (Å²) in [6.45, 7) is 5.06. The van der Waals surface area contributed by atoms with Crippen molar-refractivity contribution in [3.05, 3.63) is 52.3 Å². The van der Waals surface area contributed by atoms with E-state index in [1.165, 1.54) is 0 Å². The number of benzene rings is 1. The van der Waals surface area contributed by atoms with Crippen LogP contribution in [0.2, 0.25) is 10.0 Å². The zero-order chi connectivity index (χ0) is 16.1. The van der Waals surface area contributed by atoms with Gasteiger partial charge in [0.25, 0.3) is 5.91 Å². The molecule has 4 nitrogen and oxygen atoms in total. The fourth-order valence-electron chi connectivity index (χ4n) is 1.76. The average molecular weight is 338 g/mol. The number of rotatable bonds is 5. The van der Waals surface area contributed by atoms with E-state index in [-0.39, 0.29) is 5.91 Å². The number of hydrogen-bond acceptors (Lipinski definition) is 3. The van der Waals surface area contributed by atoms with Gasteiger partial charge in [-0.3, -0.25) is 9.78 Å². The predicted molar refractivity (Wildman–Crippen MR) is 92.0 cm³/mol. The summed E-state index contributed by atoms with van der Waals surface area (Å²) in [6, 6.07) is 8.43. The molecular formula is C16H17Cl2N3O. The van der Waals surface area contributed by atoms with Crippen molar-refractivity contribution in [1.82, 2.24) is 4.98 Å². The van der Waals surface area contributed by atoms with Crippen LogP contribution in [0.4, 0.5) is 11.4 Å². The Morgan fingerprint density at radius 1 is 1.23 bits per heavy atom. The fourth-order valence-corrected chi connectivity index (χ4v) is 2.22. The van der Waals surface area contributed by atoms with Crippen LogP contribution in [0.3, 0.4) is 0 Å². The Bertz CT molecular complexity index is 674. The third-order valence-corrected chi connectivity index (χ3v) is 3.43. The lowest BCUT2D eigenvalue weighted by Gasteiger charge is -2.10. The molecule has 0 saturated heterocycles. The molecule has 6 heteroatoms. The zero-order valence-electron chi connectivity index (χ0n) is 12.4. The lowest BCUT2D eigenvalue weighted by molar-refractivity contribution is 0.102. The highest BCUT2D eigenvalue weighted by Crippen LogP contribution is 2.25. The van der Waals surface area contributed by atoms with Gasteiger partial charge < -0.3 is 10.6 Å². The van der Waals surface area contributed by atoms with Gasteiger partial charge >= 0.3 is 0 Å². The number of carbonyl (C=O) groups is 1.